The van der Waals surface area contributed by atoms with Gasteiger partial charge in [0.2, 0.25) is 0 Å². The third kappa shape index (κ3) is 8.48. The summed E-state index contributed by atoms with van der Waals surface area (Å²) in [6.07, 6.45) is -3.35. The van der Waals surface area contributed by atoms with Crippen LogP contribution in [0.25, 0.3) is 0 Å². The Kier molecular flexibility index (Phi) is 11.1. The van der Waals surface area contributed by atoms with Crippen LogP contribution in [-0.2, 0) is 20.7 Å². The first kappa shape index (κ1) is 28.5. The molecule has 0 heterocycles. The van der Waals surface area contributed by atoms with Gasteiger partial charge >= 0.3 is 18.1 Å². The van der Waals surface area contributed by atoms with E-state index in [4.69, 9.17) is 9.47 Å². The zero-order chi connectivity index (χ0) is 24.8. The van der Waals surface area contributed by atoms with Gasteiger partial charge in [-0.2, -0.15) is 13.2 Å². The molecule has 2 aromatic rings. The molecule has 0 spiro atoms. The van der Waals surface area contributed by atoms with Crippen molar-refractivity contribution >= 4 is 91.4 Å². The van der Waals surface area contributed by atoms with Crippen molar-refractivity contribution in [2.75, 3.05) is 19.3 Å². The average Bonchev–Trinajstić information content (AvgIpc) is 2.74. The first-order valence-electron chi connectivity index (χ1n) is 8.98. The maximum Gasteiger partial charge on any atom is 0.471 e. The number of methoxy groups -OCH3 is 1. The Balaban J connectivity index is 2.22. The molecule has 13 heteroatoms. The number of carbonyl (C=O) groups excluding carboxylic acids is 2. The highest BCUT2D eigenvalue weighted by Crippen LogP contribution is 2.35. The van der Waals surface area contributed by atoms with Crippen molar-refractivity contribution in [1.29, 1.82) is 0 Å². The number of hydrogen-bond donors (Lipinski definition) is 1. The van der Waals surface area contributed by atoms with Gasteiger partial charge in [-0.1, -0.05) is 0 Å². The summed E-state index contributed by atoms with van der Waals surface area (Å²) >= 11 is 7.80. The number of benzene rings is 2. The van der Waals surface area contributed by atoms with Gasteiger partial charge < -0.3 is 19.5 Å². The quantitative estimate of drug-likeness (QED) is 0.198. The lowest BCUT2D eigenvalue weighted by atomic mass is 10.1. The largest absolute Gasteiger partial charge is 0.482 e. The van der Waals surface area contributed by atoms with Crippen LogP contribution < -0.4 is 14.8 Å². The number of thioether (sulfide) groups is 1. The maximum absolute atomic E-state index is 12.6. The van der Waals surface area contributed by atoms with E-state index < -0.39 is 24.1 Å². The van der Waals surface area contributed by atoms with Crippen LogP contribution in [-0.4, -0.2) is 43.4 Å². The molecular weight excluding hydrogens is 804 g/mol. The van der Waals surface area contributed by atoms with E-state index in [1.54, 1.807) is 35.3 Å². The summed E-state index contributed by atoms with van der Waals surface area (Å²) in [5.41, 5.74) is 0.532. The van der Waals surface area contributed by atoms with Gasteiger partial charge in [0.1, 0.15) is 23.5 Å². The highest BCUT2D eigenvalue weighted by molar-refractivity contribution is 14.1. The molecule has 0 aliphatic carbocycles. The van der Waals surface area contributed by atoms with Gasteiger partial charge in [-0.15, -0.1) is 11.8 Å². The fourth-order valence-electron chi connectivity index (χ4n) is 2.54. The van der Waals surface area contributed by atoms with Crippen LogP contribution >= 0.6 is 79.5 Å². The van der Waals surface area contributed by atoms with E-state index in [1.807, 2.05) is 63.6 Å². The number of hydrogen-bond acceptors (Lipinski definition) is 6. The van der Waals surface area contributed by atoms with E-state index in [0.29, 0.717) is 30.1 Å². The van der Waals surface area contributed by atoms with Crippen molar-refractivity contribution in [2.45, 2.75) is 18.6 Å². The van der Waals surface area contributed by atoms with E-state index >= 15 is 0 Å². The van der Waals surface area contributed by atoms with Gasteiger partial charge in [0.15, 0.2) is 5.75 Å². The van der Waals surface area contributed by atoms with E-state index in [9.17, 15) is 22.8 Å². The van der Waals surface area contributed by atoms with Crippen molar-refractivity contribution in [3.05, 3.63) is 46.6 Å². The summed E-state index contributed by atoms with van der Waals surface area (Å²) in [7, 11) is 1.04. The summed E-state index contributed by atoms with van der Waals surface area (Å²) in [6.45, 7) is 0. The standard InChI is InChI=1S/C20H17F3I3NO5S/c1-30-18(28)15(27-19(29)20(21,22)23)7-10-5-13(25)17(14(26)6-10)32-11-3-4-16(12(24)8-11)31-9-33-2/h3-6,8,15H,7,9H2,1-2H3,(H,27,29)/t15-/m0/s1. The highest BCUT2D eigenvalue weighted by atomic mass is 127. The SMILES string of the molecule is COC(=O)[C@H](Cc1cc(I)c(Oc2ccc(OCSC)c(I)c2)c(I)c1)NC(=O)C(F)(F)F. The smallest absolute Gasteiger partial charge is 0.471 e. The molecule has 2 rings (SSSR count). The fourth-order valence-corrected chi connectivity index (χ4v) is 5.55. The minimum absolute atomic E-state index is 0.180. The minimum atomic E-state index is -5.11. The van der Waals surface area contributed by atoms with Crippen molar-refractivity contribution in [3.8, 4) is 17.2 Å². The van der Waals surface area contributed by atoms with Crippen LogP contribution in [0.2, 0.25) is 0 Å². The number of nitrogens with one attached hydrogen (secondary N) is 1. The average molecular weight is 821 g/mol. The molecule has 33 heavy (non-hydrogen) atoms. The Bertz CT molecular complexity index is 1000. The Morgan fingerprint density at radius 1 is 1.09 bits per heavy atom. The Morgan fingerprint density at radius 3 is 2.24 bits per heavy atom. The van der Waals surface area contributed by atoms with E-state index in [0.717, 1.165) is 16.4 Å². The van der Waals surface area contributed by atoms with Crippen LogP contribution in [0.15, 0.2) is 30.3 Å². The molecule has 0 fully saturated rings. The Labute approximate surface area is 233 Å². The normalized spacial score (nSPS) is 12.1. The fraction of sp³-hybridized carbons (Fsp3) is 0.300. The maximum atomic E-state index is 12.6. The number of ether oxygens (including phenoxy) is 3. The van der Waals surface area contributed by atoms with Gasteiger partial charge in [-0.25, -0.2) is 4.79 Å². The molecule has 0 aliphatic rings. The third-order valence-corrected chi connectivity index (χ3v) is 6.80. The Morgan fingerprint density at radius 2 is 1.73 bits per heavy atom. The number of alkyl halides is 3. The van der Waals surface area contributed by atoms with Crippen LogP contribution in [0.1, 0.15) is 5.56 Å². The second-order valence-electron chi connectivity index (χ2n) is 6.38. The van der Waals surface area contributed by atoms with Crippen LogP contribution in [0.5, 0.6) is 17.2 Å². The van der Waals surface area contributed by atoms with Gasteiger partial charge in [-0.05, 0) is 110 Å². The molecule has 0 saturated carbocycles. The summed E-state index contributed by atoms with van der Waals surface area (Å²) in [5, 5.41) is 1.69. The monoisotopic (exact) mass is 821 g/mol. The number of carbonyl (C=O) groups is 2. The second-order valence-corrected chi connectivity index (χ2v) is 10.7. The second kappa shape index (κ2) is 12.9. The first-order valence-corrected chi connectivity index (χ1v) is 13.6. The molecule has 2 aromatic carbocycles. The highest BCUT2D eigenvalue weighted by Gasteiger charge is 2.41. The molecule has 6 nitrogen and oxygen atoms in total. The van der Waals surface area contributed by atoms with Crippen molar-refractivity contribution < 1.29 is 37.0 Å². The minimum Gasteiger partial charge on any atom is -0.482 e. The number of esters is 1. The summed E-state index contributed by atoms with van der Waals surface area (Å²) in [6, 6.07) is 7.28. The molecule has 1 N–H and O–H groups in total. The topological polar surface area (TPSA) is 73.9 Å². The van der Waals surface area contributed by atoms with Crippen LogP contribution in [0, 0.1) is 10.7 Å². The molecule has 0 radical (unpaired) electrons. The molecule has 0 saturated heterocycles. The van der Waals surface area contributed by atoms with Gasteiger partial charge in [0, 0.05) is 6.42 Å². The van der Waals surface area contributed by atoms with Gasteiger partial charge in [-0.3, -0.25) is 4.79 Å². The van der Waals surface area contributed by atoms with Crippen LogP contribution in [0.4, 0.5) is 13.2 Å². The zero-order valence-corrected chi connectivity index (χ0v) is 24.4. The molecule has 0 bridgehead atoms. The van der Waals surface area contributed by atoms with Gasteiger partial charge in [0.25, 0.3) is 0 Å². The summed E-state index contributed by atoms with van der Waals surface area (Å²) in [5.74, 6) is -0.763. The number of rotatable bonds is 9. The third-order valence-electron chi connectivity index (χ3n) is 4.00. The predicted octanol–water partition coefficient (Wildman–Crippen LogP) is 5.75. The lowest BCUT2D eigenvalue weighted by Crippen LogP contribution is -2.48. The molecule has 0 aromatic heterocycles. The molecule has 0 aliphatic heterocycles. The van der Waals surface area contributed by atoms with E-state index in [1.165, 1.54) is 0 Å². The van der Waals surface area contributed by atoms with Crippen molar-refractivity contribution in [2.24, 2.45) is 0 Å². The summed E-state index contributed by atoms with van der Waals surface area (Å²) in [4.78, 5) is 23.2. The molecule has 0 unspecified atom stereocenters. The number of amides is 1. The van der Waals surface area contributed by atoms with E-state index in [2.05, 4.69) is 27.3 Å². The summed E-state index contributed by atoms with van der Waals surface area (Å²) < 4.78 is 56.3. The lowest BCUT2D eigenvalue weighted by Gasteiger charge is -2.19. The molecular formula is C20H17F3I3NO5S. The van der Waals surface area contributed by atoms with Crippen molar-refractivity contribution in [3.63, 3.8) is 0 Å². The van der Waals surface area contributed by atoms with Crippen LogP contribution in [0.3, 0.4) is 0 Å². The lowest BCUT2D eigenvalue weighted by molar-refractivity contribution is -0.175. The first-order chi connectivity index (χ1) is 15.5. The van der Waals surface area contributed by atoms with E-state index in [-0.39, 0.29) is 6.42 Å². The predicted molar refractivity (Wildman–Crippen MR) is 144 cm³/mol. The molecule has 180 valence electrons. The zero-order valence-electron chi connectivity index (χ0n) is 17.1. The molecule has 1 amide bonds. The molecule has 1 atom stereocenters. The number of halogens is 6. The van der Waals surface area contributed by atoms with Gasteiger partial charge in [0.05, 0.1) is 17.8 Å². The Hall–Kier alpha value is -0.690. The van der Waals surface area contributed by atoms with Crippen molar-refractivity contribution in [1.82, 2.24) is 5.32 Å².